The number of hydrogen-bond acceptors (Lipinski definition) is 14. The summed E-state index contributed by atoms with van der Waals surface area (Å²) in [6, 6.07) is 16.1. The molecule has 2 aromatic rings. The number of carbonyl (C=O) groups excluding carboxylic acids is 4. The van der Waals surface area contributed by atoms with Crippen molar-refractivity contribution in [2.45, 2.75) is 179 Å². The number of esters is 3. The molecule has 3 N–H and O–H groups in total. The smallest absolute Gasteiger partial charge is 0.408 e. The first-order valence-electron chi connectivity index (χ1n) is 23.6. The zero-order valence-corrected chi connectivity index (χ0v) is 42.7. The molecule has 7 rings (SSSR count). The highest BCUT2D eigenvalue weighted by molar-refractivity contribution is 6.74. The van der Waals surface area contributed by atoms with Gasteiger partial charge >= 0.3 is 24.0 Å². The summed E-state index contributed by atoms with van der Waals surface area (Å²) in [4.78, 5) is 57.0. The maximum atomic E-state index is 15.5. The molecule has 3 aliphatic carbocycles. The Morgan fingerprint density at radius 2 is 1.56 bits per heavy atom. The van der Waals surface area contributed by atoms with Crippen LogP contribution in [0.3, 0.4) is 0 Å². The van der Waals surface area contributed by atoms with Crippen molar-refractivity contribution >= 4 is 32.3 Å². The van der Waals surface area contributed by atoms with E-state index >= 15 is 4.79 Å². The second-order valence-electron chi connectivity index (χ2n) is 22.5. The van der Waals surface area contributed by atoms with Crippen molar-refractivity contribution in [2.24, 2.45) is 16.7 Å². The SMILES string of the molecule is C=CC1OC2C3=C(C)C(OC(=O)C(O[Si](C)(C)C(C)(C)C)C(NC(=O)OC(C)(C)C)c4ccccc4)CC(O)(C(OC(=O)c4ccccc4)C4C5(OC(C)=O)COC5CC(O)[C@@]4(C)C2O1)C3(C)C. The maximum absolute atomic E-state index is 15.5. The molecule has 5 aliphatic rings. The third-order valence-electron chi connectivity index (χ3n) is 15.7. The summed E-state index contributed by atoms with van der Waals surface area (Å²) in [5.74, 6) is -3.48. The summed E-state index contributed by atoms with van der Waals surface area (Å²) in [5.41, 5.74) is -5.65. The molecule has 4 fully saturated rings. The zero-order chi connectivity index (χ0) is 50.2. The predicted octanol–water partition coefficient (Wildman–Crippen LogP) is 7.66. The van der Waals surface area contributed by atoms with Crippen LogP contribution in [0.2, 0.25) is 18.1 Å². The summed E-state index contributed by atoms with van der Waals surface area (Å²) in [6.45, 7) is 27.6. The average molecular weight is 962 g/mol. The van der Waals surface area contributed by atoms with E-state index in [4.69, 9.17) is 37.6 Å². The lowest BCUT2D eigenvalue weighted by molar-refractivity contribution is -0.361. The Morgan fingerprint density at radius 3 is 2.10 bits per heavy atom. The van der Waals surface area contributed by atoms with Gasteiger partial charge in [-0.15, -0.1) is 0 Å². The fourth-order valence-corrected chi connectivity index (χ4v) is 12.3. The van der Waals surface area contributed by atoms with Crippen molar-refractivity contribution < 1.29 is 67.0 Å². The van der Waals surface area contributed by atoms with Gasteiger partial charge in [-0.3, -0.25) is 4.79 Å². The Bertz CT molecular complexity index is 2290. The van der Waals surface area contributed by atoms with Gasteiger partial charge in [-0.25, -0.2) is 14.4 Å². The van der Waals surface area contributed by atoms with Crippen molar-refractivity contribution in [3.05, 3.63) is 95.6 Å². The van der Waals surface area contributed by atoms with Gasteiger partial charge in [0, 0.05) is 30.6 Å². The minimum Gasteiger partial charge on any atom is -0.456 e. The van der Waals surface area contributed by atoms with Gasteiger partial charge in [0.15, 0.2) is 26.3 Å². The number of aliphatic hydroxyl groups excluding tert-OH is 1. The number of carbonyl (C=O) groups is 4. The molecule has 12 unspecified atom stereocenters. The molecule has 68 heavy (non-hydrogen) atoms. The molecule has 1 amide bonds. The summed E-state index contributed by atoms with van der Waals surface area (Å²) < 4.78 is 52.0. The molecule has 2 aliphatic heterocycles. The number of rotatable bonds is 11. The highest BCUT2D eigenvalue weighted by Gasteiger charge is 2.79. The van der Waals surface area contributed by atoms with Crippen LogP contribution in [0.5, 0.6) is 0 Å². The summed E-state index contributed by atoms with van der Waals surface area (Å²) in [7, 11) is -2.87. The largest absolute Gasteiger partial charge is 0.456 e. The number of fused-ring (bicyclic) bond motifs is 8. The number of benzene rings is 2. The topological polar surface area (TPSA) is 195 Å². The minimum absolute atomic E-state index is 0.0284. The fraction of sp³-hybridized carbons (Fsp3) is 0.615. The Kier molecular flexibility index (Phi) is 13.7. The number of amides is 1. The van der Waals surface area contributed by atoms with Crippen LogP contribution in [0.1, 0.15) is 111 Å². The van der Waals surface area contributed by atoms with Crippen LogP contribution in [-0.4, -0.2) is 115 Å². The monoisotopic (exact) mass is 961 g/mol. The second kappa shape index (κ2) is 18.1. The Morgan fingerprint density at radius 1 is 0.941 bits per heavy atom. The molecule has 0 radical (unpaired) electrons. The molecule has 0 aromatic heterocycles. The summed E-state index contributed by atoms with van der Waals surface area (Å²) in [5, 5.41) is 29.1. The molecule has 2 saturated heterocycles. The standard InChI is InChI=1S/C52H71NO14Si/c1-15-36-62-39-37-29(2)33(61-45(57)40(67-68(13,14)48(7,8)9)38(31-22-18-16-19-23-31)53-46(58)66-47(4,5)6)27-52(59,49(37,10)11)43(64-44(56)32-24-20-17-21-25-32)41-50(12,42(39)63-36)34(55)26-35-51(41,28-60-35)65-30(3)54/h15-25,33-36,38-43,55,59H,1,26-28H2,2-14H3,(H,53,58)/t33?,34?,35?,36?,38?,39?,40?,41?,42?,43?,50-,51?,52?/m1/s1. The van der Waals surface area contributed by atoms with Crippen LogP contribution in [-0.2, 0) is 47.2 Å². The van der Waals surface area contributed by atoms with E-state index in [-0.39, 0.29) is 25.0 Å². The van der Waals surface area contributed by atoms with Crippen LogP contribution < -0.4 is 5.32 Å². The molecule has 2 heterocycles. The van der Waals surface area contributed by atoms with Gasteiger partial charge in [-0.2, -0.15) is 0 Å². The molecule has 2 bridgehead atoms. The van der Waals surface area contributed by atoms with Crippen molar-refractivity contribution in [2.75, 3.05) is 6.61 Å². The highest BCUT2D eigenvalue weighted by Crippen LogP contribution is 2.67. The number of hydrogen-bond donors (Lipinski definition) is 3. The van der Waals surface area contributed by atoms with Crippen molar-refractivity contribution in [1.29, 1.82) is 0 Å². The number of nitrogens with one attached hydrogen (secondary N) is 1. The van der Waals surface area contributed by atoms with E-state index in [1.54, 1.807) is 89.2 Å². The van der Waals surface area contributed by atoms with Gasteiger partial charge in [0.2, 0.25) is 0 Å². The van der Waals surface area contributed by atoms with E-state index in [2.05, 4.69) is 11.9 Å². The van der Waals surface area contributed by atoms with E-state index in [1.165, 1.54) is 13.0 Å². The predicted molar refractivity (Wildman–Crippen MR) is 252 cm³/mol. The molecule has 2 saturated carbocycles. The first-order valence-corrected chi connectivity index (χ1v) is 26.5. The van der Waals surface area contributed by atoms with E-state index in [1.807, 2.05) is 53.8 Å². The lowest BCUT2D eigenvalue weighted by atomic mass is 9.44. The van der Waals surface area contributed by atoms with E-state index in [0.29, 0.717) is 16.7 Å². The zero-order valence-electron chi connectivity index (χ0n) is 41.7. The minimum atomic E-state index is -2.87. The Balaban J connectivity index is 1.44. The molecule has 2 aromatic carbocycles. The highest BCUT2D eigenvalue weighted by atomic mass is 28.4. The van der Waals surface area contributed by atoms with Crippen molar-refractivity contribution in [3.63, 3.8) is 0 Å². The van der Waals surface area contributed by atoms with Crippen LogP contribution in [0.25, 0.3) is 0 Å². The molecular weight excluding hydrogens is 891 g/mol. The Hall–Kier alpha value is -4.42. The molecular formula is C52H71NO14Si. The van der Waals surface area contributed by atoms with Crippen LogP contribution in [0.4, 0.5) is 4.79 Å². The number of alkyl carbamates (subject to hydrolysis) is 1. The average Bonchev–Trinajstić information content (AvgIpc) is 3.67. The lowest BCUT2D eigenvalue weighted by Crippen LogP contribution is -2.82. The fourth-order valence-electron chi connectivity index (χ4n) is 11.1. The van der Waals surface area contributed by atoms with Gasteiger partial charge in [0.05, 0.1) is 36.3 Å². The maximum Gasteiger partial charge on any atom is 0.408 e. The number of aliphatic hydroxyl groups is 2. The second-order valence-corrected chi connectivity index (χ2v) is 27.2. The van der Waals surface area contributed by atoms with Gasteiger partial charge < -0.3 is 53.1 Å². The van der Waals surface area contributed by atoms with E-state index < -0.39 is 126 Å². The Labute approximate surface area is 401 Å². The van der Waals surface area contributed by atoms with Crippen LogP contribution in [0.15, 0.2) is 84.5 Å². The third kappa shape index (κ3) is 8.87. The van der Waals surface area contributed by atoms with Gasteiger partial charge in [-0.05, 0) is 80.7 Å². The van der Waals surface area contributed by atoms with Crippen LogP contribution >= 0.6 is 0 Å². The van der Waals surface area contributed by atoms with Crippen molar-refractivity contribution in [1.82, 2.24) is 5.32 Å². The summed E-state index contributed by atoms with van der Waals surface area (Å²) in [6.07, 6.45) is -8.98. The third-order valence-corrected chi connectivity index (χ3v) is 20.2. The van der Waals surface area contributed by atoms with E-state index in [0.717, 1.165) is 0 Å². The molecule has 13 atom stereocenters. The van der Waals surface area contributed by atoms with Gasteiger partial charge in [0.25, 0.3) is 0 Å². The summed E-state index contributed by atoms with van der Waals surface area (Å²) >= 11 is 0. The van der Waals surface area contributed by atoms with E-state index in [9.17, 15) is 24.6 Å². The number of ether oxygens (including phenoxy) is 7. The van der Waals surface area contributed by atoms with Crippen LogP contribution in [0, 0.1) is 16.7 Å². The van der Waals surface area contributed by atoms with Crippen molar-refractivity contribution in [3.8, 4) is 0 Å². The van der Waals surface area contributed by atoms with Gasteiger partial charge in [-0.1, -0.05) is 96.7 Å². The first kappa shape index (κ1) is 51.4. The normalized spacial score (nSPS) is 33.9. The molecule has 15 nitrogen and oxygen atoms in total. The van der Waals surface area contributed by atoms with Gasteiger partial charge in [0.1, 0.15) is 35.6 Å². The quantitative estimate of drug-likeness (QED) is 0.0860. The first-order chi connectivity index (χ1) is 31.5. The molecule has 0 spiro atoms. The molecule has 16 heteroatoms. The molecule has 372 valence electrons. The lowest BCUT2D eigenvalue weighted by Gasteiger charge is -2.68.